The van der Waals surface area contributed by atoms with Crippen LogP contribution in [0.5, 0.6) is 0 Å². The van der Waals surface area contributed by atoms with Crippen molar-refractivity contribution in [1.82, 2.24) is 20.4 Å². The Balaban J connectivity index is 2.68. The molecule has 0 aliphatic carbocycles. The van der Waals surface area contributed by atoms with E-state index in [1.165, 1.54) is 0 Å². The molecule has 1 aromatic rings. The van der Waals surface area contributed by atoms with Crippen LogP contribution in [0.3, 0.4) is 0 Å². The van der Waals surface area contributed by atoms with E-state index in [0.717, 1.165) is 13.0 Å². The van der Waals surface area contributed by atoms with Crippen molar-refractivity contribution in [2.45, 2.75) is 33.2 Å². The highest BCUT2D eigenvalue weighted by Gasteiger charge is 2.13. The molecule has 0 spiro atoms. The molecule has 0 fully saturated rings. The standard InChI is InChI=1S/C15H27N5O/c1-6-16-15(21)13-7-8-14(19-18-13)17-12(9-11(2)3)10-20(4)5/h7-8,11-12H,6,9-10H2,1-5H3,(H,16,21)(H,17,19). The van der Waals surface area contributed by atoms with E-state index in [2.05, 4.69) is 53.7 Å². The molecule has 21 heavy (non-hydrogen) atoms. The van der Waals surface area contributed by atoms with Crippen molar-refractivity contribution >= 4 is 11.7 Å². The molecule has 2 N–H and O–H groups in total. The van der Waals surface area contributed by atoms with Crippen LogP contribution in [-0.4, -0.2) is 54.2 Å². The Kier molecular flexibility index (Phi) is 7.08. The van der Waals surface area contributed by atoms with Crippen LogP contribution < -0.4 is 10.6 Å². The summed E-state index contributed by atoms with van der Waals surface area (Å²) in [6.07, 6.45) is 1.05. The van der Waals surface area contributed by atoms with Gasteiger partial charge in [0.05, 0.1) is 0 Å². The van der Waals surface area contributed by atoms with Gasteiger partial charge in [-0.3, -0.25) is 4.79 Å². The van der Waals surface area contributed by atoms with Crippen LogP contribution in [0.15, 0.2) is 12.1 Å². The lowest BCUT2D eigenvalue weighted by atomic mass is 10.0. The maximum atomic E-state index is 11.6. The lowest BCUT2D eigenvalue weighted by Crippen LogP contribution is -2.34. The molecular formula is C15H27N5O. The van der Waals surface area contributed by atoms with Crippen LogP contribution in [0.4, 0.5) is 5.82 Å². The van der Waals surface area contributed by atoms with E-state index < -0.39 is 0 Å². The molecule has 0 aromatic carbocycles. The number of nitrogens with one attached hydrogen (secondary N) is 2. The lowest BCUT2D eigenvalue weighted by molar-refractivity contribution is 0.0950. The van der Waals surface area contributed by atoms with Crippen molar-refractivity contribution in [3.8, 4) is 0 Å². The van der Waals surface area contributed by atoms with E-state index in [0.29, 0.717) is 30.0 Å². The zero-order valence-corrected chi connectivity index (χ0v) is 13.7. The molecule has 1 amide bonds. The van der Waals surface area contributed by atoms with E-state index in [1.54, 1.807) is 12.1 Å². The Morgan fingerprint density at radius 3 is 2.48 bits per heavy atom. The smallest absolute Gasteiger partial charge is 0.271 e. The van der Waals surface area contributed by atoms with Gasteiger partial charge in [-0.05, 0) is 45.5 Å². The fourth-order valence-electron chi connectivity index (χ4n) is 2.18. The van der Waals surface area contributed by atoms with E-state index in [1.807, 2.05) is 6.92 Å². The summed E-state index contributed by atoms with van der Waals surface area (Å²) in [5.41, 5.74) is 0.343. The Morgan fingerprint density at radius 1 is 1.29 bits per heavy atom. The zero-order chi connectivity index (χ0) is 15.8. The summed E-state index contributed by atoms with van der Waals surface area (Å²) >= 11 is 0. The molecule has 1 aromatic heterocycles. The fourth-order valence-corrected chi connectivity index (χ4v) is 2.18. The lowest BCUT2D eigenvalue weighted by Gasteiger charge is -2.24. The Hall–Kier alpha value is -1.69. The van der Waals surface area contributed by atoms with Crippen LogP contribution in [-0.2, 0) is 0 Å². The first kappa shape index (κ1) is 17.4. The van der Waals surface area contributed by atoms with Crippen LogP contribution >= 0.6 is 0 Å². The van der Waals surface area contributed by atoms with E-state index >= 15 is 0 Å². The second-order valence-electron chi connectivity index (χ2n) is 5.90. The molecule has 0 saturated heterocycles. The number of hydrogen-bond donors (Lipinski definition) is 2. The van der Waals surface area contributed by atoms with Gasteiger partial charge in [-0.1, -0.05) is 13.8 Å². The SMILES string of the molecule is CCNC(=O)c1ccc(NC(CC(C)C)CN(C)C)nn1. The molecule has 1 unspecified atom stereocenters. The topological polar surface area (TPSA) is 70.2 Å². The molecule has 6 nitrogen and oxygen atoms in total. The monoisotopic (exact) mass is 293 g/mol. The summed E-state index contributed by atoms with van der Waals surface area (Å²) < 4.78 is 0. The van der Waals surface area contributed by atoms with Crippen LogP contribution in [0, 0.1) is 5.92 Å². The second-order valence-corrected chi connectivity index (χ2v) is 5.90. The van der Waals surface area contributed by atoms with Crippen molar-refractivity contribution < 1.29 is 4.79 Å². The van der Waals surface area contributed by atoms with Gasteiger partial charge < -0.3 is 15.5 Å². The van der Waals surface area contributed by atoms with Gasteiger partial charge in [0.2, 0.25) is 0 Å². The van der Waals surface area contributed by atoms with Gasteiger partial charge in [0, 0.05) is 19.1 Å². The third-order valence-corrected chi connectivity index (χ3v) is 2.93. The van der Waals surface area contributed by atoms with Gasteiger partial charge in [0.25, 0.3) is 5.91 Å². The highest BCUT2D eigenvalue weighted by molar-refractivity contribution is 5.92. The second kappa shape index (κ2) is 8.56. The van der Waals surface area contributed by atoms with Gasteiger partial charge in [0.1, 0.15) is 5.82 Å². The summed E-state index contributed by atoms with van der Waals surface area (Å²) in [5, 5.41) is 14.2. The van der Waals surface area contributed by atoms with Gasteiger partial charge >= 0.3 is 0 Å². The summed E-state index contributed by atoms with van der Waals surface area (Å²) in [7, 11) is 4.11. The fraction of sp³-hybridized carbons (Fsp3) is 0.667. The van der Waals surface area contributed by atoms with E-state index in [-0.39, 0.29) is 5.91 Å². The maximum absolute atomic E-state index is 11.6. The molecule has 0 aliphatic heterocycles. The first-order valence-corrected chi connectivity index (χ1v) is 7.45. The number of nitrogens with zero attached hydrogens (tertiary/aromatic N) is 3. The predicted octanol–water partition coefficient (Wildman–Crippen LogP) is 1.61. The quantitative estimate of drug-likeness (QED) is 0.762. The van der Waals surface area contributed by atoms with Crippen molar-refractivity contribution in [2.75, 3.05) is 32.5 Å². The minimum absolute atomic E-state index is 0.191. The Bertz CT molecular complexity index is 420. The van der Waals surface area contributed by atoms with Gasteiger partial charge in [0.15, 0.2) is 5.69 Å². The van der Waals surface area contributed by atoms with Crippen molar-refractivity contribution in [2.24, 2.45) is 5.92 Å². The predicted molar refractivity (Wildman–Crippen MR) is 85.5 cm³/mol. The summed E-state index contributed by atoms with van der Waals surface area (Å²) in [5.74, 6) is 1.11. The molecule has 1 rings (SSSR count). The van der Waals surface area contributed by atoms with E-state index in [9.17, 15) is 4.79 Å². The number of hydrogen-bond acceptors (Lipinski definition) is 5. The normalized spacial score (nSPS) is 12.5. The summed E-state index contributed by atoms with van der Waals surface area (Å²) in [6.45, 7) is 7.79. The number of likely N-dealkylation sites (N-methyl/N-ethyl adjacent to an activating group) is 1. The van der Waals surface area contributed by atoms with Gasteiger partial charge in [-0.2, -0.15) is 0 Å². The van der Waals surface area contributed by atoms with Crippen molar-refractivity contribution in [3.63, 3.8) is 0 Å². The minimum atomic E-state index is -0.191. The van der Waals surface area contributed by atoms with Crippen LogP contribution in [0.1, 0.15) is 37.7 Å². The van der Waals surface area contributed by atoms with Crippen molar-refractivity contribution in [1.29, 1.82) is 0 Å². The van der Waals surface area contributed by atoms with E-state index in [4.69, 9.17) is 0 Å². The molecular weight excluding hydrogens is 266 g/mol. The molecule has 1 heterocycles. The molecule has 6 heteroatoms. The summed E-state index contributed by atoms with van der Waals surface area (Å²) in [6, 6.07) is 3.81. The highest BCUT2D eigenvalue weighted by atomic mass is 16.1. The number of amides is 1. The molecule has 0 bridgehead atoms. The zero-order valence-electron chi connectivity index (χ0n) is 13.7. The average Bonchev–Trinajstić information content (AvgIpc) is 2.38. The molecule has 0 aliphatic rings. The first-order valence-electron chi connectivity index (χ1n) is 7.45. The molecule has 0 radical (unpaired) electrons. The van der Waals surface area contributed by atoms with Gasteiger partial charge in [-0.15, -0.1) is 10.2 Å². The molecule has 118 valence electrons. The third-order valence-electron chi connectivity index (χ3n) is 2.93. The number of anilines is 1. The minimum Gasteiger partial charge on any atom is -0.365 e. The first-order chi connectivity index (χ1) is 9.92. The highest BCUT2D eigenvalue weighted by Crippen LogP contribution is 2.11. The molecule has 0 saturated carbocycles. The number of carbonyl (C=O) groups excluding carboxylic acids is 1. The van der Waals surface area contributed by atoms with Crippen molar-refractivity contribution in [3.05, 3.63) is 17.8 Å². The average molecular weight is 293 g/mol. The van der Waals surface area contributed by atoms with Gasteiger partial charge in [-0.25, -0.2) is 0 Å². The maximum Gasteiger partial charge on any atom is 0.271 e. The molecule has 1 atom stereocenters. The Morgan fingerprint density at radius 2 is 2.00 bits per heavy atom. The number of aromatic nitrogens is 2. The Labute approximate surface area is 127 Å². The number of rotatable bonds is 8. The summed E-state index contributed by atoms with van der Waals surface area (Å²) in [4.78, 5) is 13.8. The largest absolute Gasteiger partial charge is 0.365 e. The van der Waals surface area contributed by atoms with Crippen LogP contribution in [0.2, 0.25) is 0 Å². The van der Waals surface area contributed by atoms with Crippen LogP contribution in [0.25, 0.3) is 0 Å². The third kappa shape index (κ3) is 6.53. The number of carbonyl (C=O) groups is 1.